The van der Waals surface area contributed by atoms with Crippen molar-refractivity contribution in [3.05, 3.63) is 35.0 Å². The Hall–Kier alpha value is -2.24. The summed E-state index contributed by atoms with van der Waals surface area (Å²) in [4.78, 5) is 16.5. The molecule has 0 bridgehead atoms. The SMILES string of the molecule is Cc1noc(C)c1CN(C)C(=O)c1cc(N)c[nH]1. The number of carbonyl (C=O) groups is 1. The molecule has 2 aromatic heterocycles. The third-order valence-corrected chi connectivity index (χ3v) is 2.86. The van der Waals surface area contributed by atoms with Gasteiger partial charge in [-0.2, -0.15) is 0 Å². The molecule has 0 spiro atoms. The Bertz CT molecular complexity index is 551. The normalized spacial score (nSPS) is 10.6. The maximum absolute atomic E-state index is 12.1. The van der Waals surface area contributed by atoms with Crippen molar-refractivity contribution in [1.29, 1.82) is 0 Å². The molecule has 0 saturated carbocycles. The molecule has 0 aliphatic heterocycles. The molecule has 18 heavy (non-hydrogen) atoms. The number of carbonyl (C=O) groups excluding carboxylic acids is 1. The summed E-state index contributed by atoms with van der Waals surface area (Å²) in [5.74, 6) is 0.616. The maximum Gasteiger partial charge on any atom is 0.270 e. The van der Waals surface area contributed by atoms with Gasteiger partial charge in [0.2, 0.25) is 0 Å². The van der Waals surface area contributed by atoms with E-state index in [0.717, 1.165) is 17.0 Å². The molecular weight excluding hydrogens is 232 g/mol. The van der Waals surface area contributed by atoms with Crippen LogP contribution in [-0.2, 0) is 6.54 Å². The predicted molar refractivity (Wildman–Crippen MR) is 67.0 cm³/mol. The van der Waals surface area contributed by atoms with Crippen LogP contribution in [0.4, 0.5) is 5.69 Å². The van der Waals surface area contributed by atoms with Crippen molar-refractivity contribution in [3.8, 4) is 0 Å². The van der Waals surface area contributed by atoms with Crippen LogP contribution in [0.15, 0.2) is 16.8 Å². The van der Waals surface area contributed by atoms with Crippen molar-refractivity contribution in [3.63, 3.8) is 0 Å². The second-order valence-corrected chi connectivity index (χ2v) is 4.31. The lowest BCUT2D eigenvalue weighted by Gasteiger charge is -2.15. The molecule has 2 heterocycles. The van der Waals surface area contributed by atoms with Gasteiger partial charge >= 0.3 is 0 Å². The van der Waals surface area contributed by atoms with Gasteiger partial charge in [-0.25, -0.2) is 0 Å². The molecule has 6 nitrogen and oxygen atoms in total. The maximum atomic E-state index is 12.1. The lowest BCUT2D eigenvalue weighted by molar-refractivity contribution is 0.0779. The number of rotatable bonds is 3. The van der Waals surface area contributed by atoms with Crippen molar-refractivity contribution in [1.82, 2.24) is 15.0 Å². The average Bonchev–Trinajstić information content (AvgIpc) is 2.89. The van der Waals surface area contributed by atoms with Crippen LogP contribution in [0.25, 0.3) is 0 Å². The van der Waals surface area contributed by atoms with E-state index < -0.39 is 0 Å². The summed E-state index contributed by atoms with van der Waals surface area (Å²) in [6.07, 6.45) is 1.59. The summed E-state index contributed by atoms with van der Waals surface area (Å²) in [7, 11) is 1.73. The van der Waals surface area contributed by atoms with E-state index in [1.54, 1.807) is 24.2 Å². The zero-order valence-electron chi connectivity index (χ0n) is 10.7. The lowest BCUT2D eigenvalue weighted by atomic mass is 10.2. The van der Waals surface area contributed by atoms with Crippen molar-refractivity contribution in [2.75, 3.05) is 12.8 Å². The number of aromatic amines is 1. The van der Waals surface area contributed by atoms with E-state index >= 15 is 0 Å². The minimum absolute atomic E-state index is 0.119. The number of nitrogens with zero attached hydrogens (tertiary/aromatic N) is 2. The summed E-state index contributed by atoms with van der Waals surface area (Å²) in [6, 6.07) is 1.62. The number of nitrogens with two attached hydrogens (primary N) is 1. The number of anilines is 1. The molecule has 0 radical (unpaired) electrons. The minimum atomic E-state index is -0.119. The van der Waals surface area contributed by atoms with Crippen molar-refractivity contribution in [2.24, 2.45) is 0 Å². The van der Waals surface area contributed by atoms with Crippen LogP contribution >= 0.6 is 0 Å². The van der Waals surface area contributed by atoms with Gasteiger partial charge in [-0.05, 0) is 19.9 Å². The molecule has 0 aromatic carbocycles. The Kier molecular flexibility index (Phi) is 3.10. The van der Waals surface area contributed by atoms with Crippen LogP contribution in [0.1, 0.15) is 27.5 Å². The molecule has 2 aromatic rings. The van der Waals surface area contributed by atoms with Gasteiger partial charge in [0, 0.05) is 24.5 Å². The predicted octanol–water partition coefficient (Wildman–Crippen LogP) is 1.47. The molecule has 2 rings (SSSR count). The van der Waals surface area contributed by atoms with Gasteiger partial charge in [0.15, 0.2) is 0 Å². The number of nitrogen functional groups attached to an aromatic ring is 1. The van der Waals surface area contributed by atoms with Gasteiger partial charge in [0.1, 0.15) is 11.5 Å². The largest absolute Gasteiger partial charge is 0.397 e. The first-order valence-corrected chi connectivity index (χ1v) is 5.60. The first kappa shape index (κ1) is 12.2. The molecule has 0 fully saturated rings. The Morgan fingerprint density at radius 1 is 1.56 bits per heavy atom. The van der Waals surface area contributed by atoms with Gasteiger partial charge in [0.25, 0.3) is 5.91 Å². The number of aryl methyl sites for hydroxylation is 2. The highest BCUT2D eigenvalue weighted by molar-refractivity contribution is 5.93. The second kappa shape index (κ2) is 4.56. The quantitative estimate of drug-likeness (QED) is 0.861. The zero-order valence-corrected chi connectivity index (χ0v) is 10.7. The summed E-state index contributed by atoms with van der Waals surface area (Å²) >= 11 is 0. The van der Waals surface area contributed by atoms with Gasteiger partial charge in [0.05, 0.1) is 12.2 Å². The van der Waals surface area contributed by atoms with Gasteiger partial charge in [-0.1, -0.05) is 5.16 Å². The number of nitrogens with one attached hydrogen (secondary N) is 1. The molecule has 0 aliphatic carbocycles. The number of hydrogen-bond acceptors (Lipinski definition) is 4. The smallest absolute Gasteiger partial charge is 0.270 e. The highest BCUT2D eigenvalue weighted by atomic mass is 16.5. The molecule has 3 N–H and O–H groups in total. The van der Waals surface area contributed by atoms with Gasteiger partial charge < -0.3 is 20.1 Å². The second-order valence-electron chi connectivity index (χ2n) is 4.31. The Morgan fingerprint density at radius 3 is 2.78 bits per heavy atom. The highest BCUT2D eigenvalue weighted by Crippen LogP contribution is 2.16. The third-order valence-electron chi connectivity index (χ3n) is 2.86. The van der Waals surface area contributed by atoms with E-state index in [1.165, 1.54) is 0 Å². The van der Waals surface area contributed by atoms with Crippen molar-refractivity contribution >= 4 is 11.6 Å². The van der Waals surface area contributed by atoms with Crippen molar-refractivity contribution in [2.45, 2.75) is 20.4 Å². The van der Waals surface area contributed by atoms with Crippen LogP contribution in [-0.4, -0.2) is 28.0 Å². The number of amides is 1. The average molecular weight is 248 g/mol. The topological polar surface area (TPSA) is 88.2 Å². The van der Waals surface area contributed by atoms with Gasteiger partial charge in [-0.3, -0.25) is 4.79 Å². The van der Waals surface area contributed by atoms with E-state index in [4.69, 9.17) is 10.3 Å². The van der Waals surface area contributed by atoms with E-state index in [9.17, 15) is 4.79 Å². The summed E-state index contributed by atoms with van der Waals surface area (Å²) in [5.41, 5.74) is 8.33. The van der Waals surface area contributed by atoms with E-state index in [-0.39, 0.29) is 5.91 Å². The Balaban J connectivity index is 2.13. The van der Waals surface area contributed by atoms with Crippen LogP contribution in [0.2, 0.25) is 0 Å². The Morgan fingerprint density at radius 2 is 2.28 bits per heavy atom. The molecule has 0 aliphatic rings. The lowest BCUT2D eigenvalue weighted by Crippen LogP contribution is -2.26. The Labute approximate surface area is 105 Å². The molecule has 1 amide bonds. The van der Waals surface area contributed by atoms with Gasteiger partial charge in [-0.15, -0.1) is 0 Å². The summed E-state index contributed by atoms with van der Waals surface area (Å²) in [6.45, 7) is 4.15. The zero-order chi connectivity index (χ0) is 13.3. The number of aromatic nitrogens is 2. The van der Waals surface area contributed by atoms with E-state index in [0.29, 0.717) is 17.9 Å². The fourth-order valence-corrected chi connectivity index (χ4v) is 1.78. The molecule has 96 valence electrons. The van der Waals surface area contributed by atoms with Crippen LogP contribution in [0.3, 0.4) is 0 Å². The van der Waals surface area contributed by atoms with Crippen molar-refractivity contribution < 1.29 is 9.32 Å². The molecular formula is C12H16N4O2. The molecule has 6 heteroatoms. The monoisotopic (exact) mass is 248 g/mol. The molecule has 0 atom stereocenters. The van der Waals surface area contributed by atoms with Crippen LogP contribution in [0, 0.1) is 13.8 Å². The standard InChI is InChI=1S/C12H16N4O2/c1-7-10(8(2)18-15-7)6-16(3)12(17)11-4-9(13)5-14-11/h4-5,14H,6,13H2,1-3H3. The fraction of sp³-hybridized carbons (Fsp3) is 0.333. The number of hydrogen-bond donors (Lipinski definition) is 2. The first-order chi connectivity index (χ1) is 8.49. The summed E-state index contributed by atoms with van der Waals surface area (Å²) in [5, 5.41) is 3.86. The molecule has 0 saturated heterocycles. The highest BCUT2D eigenvalue weighted by Gasteiger charge is 2.17. The number of H-pyrrole nitrogens is 1. The minimum Gasteiger partial charge on any atom is -0.397 e. The van der Waals surface area contributed by atoms with Crippen LogP contribution in [0.5, 0.6) is 0 Å². The van der Waals surface area contributed by atoms with E-state index in [1.807, 2.05) is 13.8 Å². The third kappa shape index (κ3) is 2.22. The van der Waals surface area contributed by atoms with Crippen LogP contribution < -0.4 is 5.73 Å². The summed E-state index contributed by atoms with van der Waals surface area (Å²) < 4.78 is 5.07. The van der Waals surface area contributed by atoms with E-state index in [2.05, 4.69) is 10.1 Å². The molecule has 0 unspecified atom stereocenters. The fourth-order valence-electron chi connectivity index (χ4n) is 1.78. The first-order valence-electron chi connectivity index (χ1n) is 5.60.